The minimum Gasteiger partial charge on any atom is -0.495 e. The third-order valence-electron chi connectivity index (χ3n) is 4.00. The van der Waals surface area contributed by atoms with Crippen molar-refractivity contribution >= 4 is 24.0 Å². The fourth-order valence-electron chi connectivity index (χ4n) is 2.70. The minimum absolute atomic E-state index is 0. The van der Waals surface area contributed by atoms with E-state index in [4.69, 9.17) is 22.1 Å². The highest BCUT2D eigenvalue weighted by Crippen LogP contribution is 2.26. The number of likely N-dealkylation sites (tertiary alicyclic amines) is 1. The standard InChI is InChI=1S/C15H23ClN2O.ClH/c1-11(17)13-5-7-18(8-6-13)10-12-3-4-15(19-2)14(16)9-12;/h3-4,9,11,13H,5-8,10,17H2,1-2H3;1H. The summed E-state index contributed by atoms with van der Waals surface area (Å²) >= 11 is 6.15. The van der Waals surface area contributed by atoms with Crippen LogP contribution in [0.5, 0.6) is 5.75 Å². The molecule has 114 valence electrons. The van der Waals surface area contributed by atoms with E-state index in [1.54, 1.807) is 7.11 Å². The van der Waals surface area contributed by atoms with Crippen LogP contribution < -0.4 is 10.5 Å². The van der Waals surface area contributed by atoms with Crippen LogP contribution >= 0.6 is 24.0 Å². The zero-order valence-corrected chi connectivity index (χ0v) is 13.7. The summed E-state index contributed by atoms with van der Waals surface area (Å²) in [7, 11) is 1.64. The summed E-state index contributed by atoms with van der Waals surface area (Å²) in [4.78, 5) is 2.47. The molecular weight excluding hydrogens is 295 g/mol. The van der Waals surface area contributed by atoms with Crippen LogP contribution in [0.4, 0.5) is 0 Å². The average molecular weight is 319 g/mol. The van der Waals surface area contributed by atoms with Crippen LogP contribution in [-0.4, -0.2) is 31.1 Å². The van der Waals surface area contributed by atoms with Crippen molar-refractivity contribution in [3.63, 3.8) is 0 Å². The number of nitrogens with zero attached hydrogens (tertiary/aromatic N) is 1. The van der Waals surface area contributed by atoms with E-state index < -0.39 is 0 Å². The largest absolute Gasteiger partial charge is 0.495 e. The second kappa shape index (κ2) is 8.08. The van der Waals surface area contributed by atoms with Gasteiger partial charge in [0.25, 0.3) is 0 Å². The number of benzene rings is 1. The number of methoxy groups -OCH3 is 1. The topological polar surface area (TPSA) is 38.5 Å². The number of hydrogen-bond donors (Lipinski definition) is 1. The van der Waals surface area contributed by atoms with E-state index >= 15 is 0 Å². The lowest BCUT2D eigenvalue weighted by atomic mass is 9.91. The Balaban J connectivity index is 0.00000200. The van der Waals surface area contributed by atoms with Gasteiger partial charge < -0.3 is 10.5 Å². The molecule has 1 saturated heterocycles. The molecule has 3 nitrogen and oxygen atoms in total. The lowest BCUT2D eigenvalue weighted by Gasteiger charge is -2.33. The van der Waals surface area contributed by atoms with E-state index in [1.807, 2.05) is 12.1 Å². The molecule has 0 aliphatic carbocycles. The molecule has 1 aliphatic rings. The lowest BCUT2D eigenvalue weighted by molar-refractivity contribution is 0.165. The third-order valence-corrected chi connectivity index (χ3v) is 4.29. The van der Waals surface area contributed by atoms with E-state index in [1.165, 1.54) is 18.4 Å². The van der Waals surface area contributed by atoms with Crippen LogP contribution in [0.25, 0.3) is 0 Å². The van der Waals surface area contributed by atoms with E-state index in [0.717, 1.165) is 25.4 Å². The van der Waals surface area contributed by atoms with Crippen molar-refractivity contribution in [2.45, 2.75) is 32.4 Å². The molecule has 0 spiro atoms. The molecule has 0 bridgehead atoms. The molecule has 0 radical (unpaired) electrons. The first-order valence-corrected chi connectivity index (χ1v) is 7.28. The SMILES string of the molecule is COc1ccc(CN2CCC(C(C)N)CC2)cc1Cl.Cl. The zero-order valence-electron chi connectivity index (χ0n) is 12.1. The van der Waals surface area contributed by atoms with Gasteiger partial charge in [-0.15, -0.1) is 12.4 Å². The van der Waals surface area contributed by atoms with Crippen molar-refractivity contribution in [1.82, 2.24) is 4.90 Å². The highest BCUT2D eigenvalue weighted by molar-refractivity contribution is 6.32. The number of rotatable bonds is 4. The number of halogens is 2. The van der Waals surface area contributed by atoms with Gasteiger partial charge in [0.1, 0.15) is 5.75 Å². The summed E-state index contributed by atoms with van der Waals surface area (Å²) in [5, 5.41) is 0.686. The second-order valence-corrected chi connectivity index (χ2v) is 5.85. The summed E-state index contributed by atoms with van der Waals surface area (Å²) in [6.45, 7) is 5.31. The molecule has 1 aliphatic heterocycles. The van der Waals surface area contributed by atoms with Crippen LogP contribution in [0.2, 0.25) is 5.02 Å². The summed E-state index contributed by atoms with van der Waals surface area (Å²) in [5.74, 6) is 1.41. The van der Waals surface area contributed by atoms with E-state index in [0.29, 0.717) is 17.0 Å². The van der Waals surface area contributed by atoms with Crippen molar-refractivity contribution in [3.05, 3.63) is 28.8 Å². The van der Waals surface area contributed by atoms with Crippen molar-refractivity contribution in [1.29, 1.82) is 0 Å². The molecule has 2 rings (SSSR count). The fraction of sp³-hybridized carbons (Fsp3) is 0.600. The zero-order chi connectivity index (χ0) is 13.8. The second-order valence-electron chi connectivity index (χ2n) is 5.44. The molecule has 1 heterocycles. The van der Waals surface area contributed by atoms with Gasteiger partial charge in [-0.25, -0.2) is 0 Å². The number of nitrogens with two attached hydrogens (primary N) is 1. The molecule has 2 N–H and O–H groups in total. The molecule has 0 saturated carbocycles. The van der Waals surface area contributed by atoms with Gasteiger partial charge in [-0.2, -0.15) is 0 Å². The normalized spacial score (nSPS) is 18.4. The maximum absolute atomic E-state index is 6.15. The van der Waals surface area contributed by atoms with Crippen LogP contribution in [0, 0.1) is 5.92 Å². The molecule has 1 unspecified atom stereocenters. The fourth-order valence-corrected chi connectivity index (χ4v) is 2.98. The molecule has 0 amide bonds. The Morgan fingerprint density at radius 3 is 2.55 bits per heavy atom. The van der Waals surface area contributed by atoms with Gasteiger partial charge in [0.2, 0.25) is 0 Å². The monoisotopic (exact) mass is 318 g/mol. The third kappa shape index (κ3) is 4.52. The molecule has 5 heteroatoms. The minimum atomic E-state index is 0. The Bertz CT molecular complexity index is 418. The molecule has 1 aromatic rings. The average Bonchev–Trinajstić information content (AvgIpc) is 2.39. The Kier molecular flexibility index (Phi) is 7.10. The number of piperidine rings is 1. The van der Waals surface area contributed by atoms with Gasteiger partial charge in [-0.3, -0.25) is 4.90 Å². The van der Waals surface area contributed by atoms with Gasteiger partial charge in [0.05, 0.1) is 12.1 Å². The summed E-state index contributed by atoms with van der Waals surface area (Å²) in [6.07, 6.45) is 2.39. The molecule has 1 fully saturated rings. The molecular formula is C15H24Cl2N2O. The van der Waals surface area contributed by atoms with Crippen molar-refractivity contribution in [2.24, 2.45) is 11.7 Å². The van der Waals surface area contributed by atoms with Crippen LogP contribution in [0.3, 0.4) is 0 Å². The predicted molar refractivity (Wildman–Crippen MR) is 86.9 cm³/mol. The number of hydrogen-bond acceptors (Lipinski definition) is 3. The maximum atomic E-state index is 6.15. The van der Waals surface area contributed by atoms with E-state index in [-0.39, 0.29) is 12.4 Å². The highest BCUT2D eigenvalue weighted by Gasteiger charge is 2.21. The summed E-state index contributed by atoms with van der Waals surface area (Å²) in [6, 6.07) is 6.34. The van der Waals surface area contributed by atoms with Gasteiger partial charge in [-0.1, -0.05) is 17.7 Å². The molecule has 1 atom stereocenters. The van der Waals surface area contributed by atoms with Crippen molar-refractivity contribution < 1.29 is 4.74 Å². The van der Waals surface area contributed by atoms with Crippen molar-refractivity contribution in [2.75, 3.05) is 20.2 Å². The predicted octanol–water partition coefficient (Wildman–Crippen LogP) is 3.33. The molecule has 1 aromatic carbocycles. The molecule has 0 aromatic heterocycles. The molecule has 20 heavy (non-hydrogen) atoms. The summed E-state index contributed by atoms with van der Waals surface area (Å²) in [5.41, 5.74) is 7.21. The van der Waals surface area contributed by atoms with Crippen LogP contribution in [0.15, 0.2) is 18.2 Å². The first kappa shape index (κ1) is 17.6. The quantitative estimate of drug-likeness (QED) is 0.925. The first-order chi connectivity index (χ1) is 9.10. The van der Waals surface area contributed by atoms with Gasteiger partial charge in [-0.05, 0) is 56.5 Å². The van der Waals surface area contributed by atoms with Crippen LogP contribution in [0.1, 0.15) is 25.3 Å². The Morgan fingerprint density at radius 2 is 2.05 bits per heavy atom. The first-order valence-electron chi connectivity index (χ1n) is 6.90. The van der Waals surface area contributed by atoms with E-state index in [9.17, 15) is 0 Å². The van der Waals surface area contributed by atoms with Gasteiger partial charge in [0, 0.05) is 12.6 Å². The summed E-state index contributed by atoms with van der Waals surface area (Å²) < 4.78 is 5.17. The van der Waals surface area contributed by atoms with E-state index in [2.05, 4.69) is 17.9 Å². The smallest absolute Gasteiger partial charge is 0.137 e. The Hall–Kier alpha value is -0.480. The number of ether oxygens (including phenoxy) is 1. The lowest BCUT2D eigenvalue weighted by Crippen LogP contribution is -2.39. The Morgan fingerprint density at radius 1 is 1.40 bits per heavy atom. The maximum Gasteiger partial charge on any atom is 0.137 e. The van der Waals surface area contributed by atoms with Gasteiger partial charge in [0.15, 0.2) is 0 Å². The van der Waals surface area contributed by atoms with Gasteiger partial charge >= 0.3 is 0 Å². The van der Waals surface area contributed by atoms with Crippen molar-refractivity contribution in [3.8, 4) is 5.75 Å². The highest BCUT2D eigenvalue weighted by atomic mass is 35.5. The van der Waals surface area contributed by atoms with Crippen LogP contribution in [-0.2, 0) is 6.54 Å². The Labute approximate surface area is 132 Å².